The Balaban J connectivity index is 0.00000220. The predicted molar refractivity (Wildman–Crippen MR) is 86.3 cm³/mol. The van der Waals surface area contributed by atoms with Gasteiger partial charge in [0.05, 0.1) is 11.7 Å². The van der Waals surface area contributed by atoms with Gasteiger partial charge in [-0.2, -0.15) is 0 Å². The van der Waals surface area contributed by atoms with Crippen molar-refractivity contribution in [2.75, 3.05) is 0 Å². The van der Waals surface area contributed by atoms with Crippen LogP contribution < -0.4 is 11.1 Å². The molecule has 2 aromatic rings. The second-order valence-electron chi connectivity index (χ2n) is 4.58. The van der Waals surface area contributed by atoms with E-state index in [9.17, 15) is 4.79 Å². The van der Waals surface area contributed by atoms with Gasteiger partial charge >= 0.3 is 0 Å². The van der Waals surface area contributed by atoms with E-state index in [4.69, 9.17) is 5.73 Å². The van der Waals surface area contributed by atoms with E-state index in [-0.39, 0.29) is 24.4 Å². The van der Waals surface area contributed by atoms with Crippen molar-refractivity contribution in [3.63, 3.8) is 0 Å². The van der Waals surface area contributed by atoms with Crippen molar-refractivity contribution in [2.24, 2.45) is 5.73 Å². The first-order valence-electron chi connectivity index (χ1n) is 6.75. The number of carbonyl (C=O) groups excluding carboxylic acids is 1. The Morgan fingerprint density at radius 1 is 1.29 bits per heavy atom. The van der Waals surface area contributed by atoms with E-state index in [0.717, 1.165) is 12.0 Å². The molecule has 1 aromatic carbocycles. The van der Waals surface area contributed by atoms with Crippen LogP contribution in [-0.2, 0) is 6.54 Å². The van der Waals surface area contributed by atoms with Gasteiger partial charge < -0.3 is 11.1 Å². The molecule has 1 atom stereocenters. The summed E-state index contributed by atoms with van der Waals surface area (Å²) in [5, 5.41) is 3.04. The number of aromatic nitrogens is 1. The molecule has 0 radical (unpaired) electrons. The quantitative estimate of drug-likeness (QED) is 0.892. The third-order valence-electron chi connectivity index (χ3n) is 3.20. The fourth-order valence-corrected chi connectivity index (χ4v) is 2.08. The van der Waals surface area contributed by atoms with E-state index in [1.54, 1.807) is 18.3 Å². The summed E-state index contributed by atoms with van der Waals surface area (Å²) in [6, 6.07) is 13.4. The predicted octanol–water partition coefficient (Wildman–Crippen LogP) is 2.84. The number of benzene rings is 1. The van der Waals surface area contributed by atoms with Crippen LogP contribution in [0.5, 0.6) is 0 Å². The number of amides is 1. The number of hydrogen-bond acceptors (Lipinski definition) is 3. The first-order valence-corrected chi connectivity index (χ1v) is 6.75. The average molecular weight is 306 g/mol. The lowest BCUT2D eigenvalue weighted by atomic mass is 10.0. The fourth-order valence-electron chi connectivity index (χ4n) is 2.08. The lowest BCUT2D eigenvalue weighted by Gasteiger charge is -2.17. The number of nitrogens with two attached hydrogens (primary N) is 1. The van der Waals surface area contributed by atoms with Crippen molar-refractivity contribution < 1.29 is 4.79 Å². The average Bonchev–Trinajstić information content (AvgIpc) is 2.53. The zero-order chi connectivity index (χ0) is 14.4. The van der Waals surface area contributed by atoms with Crippen LogP contribution in [0, 0.1) is 0 Å². The Kier molecular flexibility index (Phi) is 6.85. The molecule has 3 N–H and O–H groups in total. The van der Waals surface area contributed by atoms with Crippen molar-refractivity contribution in [3.8, 4) is 0 Å². The van der Waals surface area contributed by atoms with E-state index in [2.05, 4.69) is 17.2 Å². The van der Waals surface area contributed by atoms with Gasteiger partial charge in [-0.25, -0.2) is 0 Å². The van der Waals surface area contributed by atoms with Gasteiger partial charge in [0.1, 0.15) is 0 Å². The minimum atomic E-state index is -0.0993. The maximum absolute atomic E-state index is 12.3. The van der Waals surface area contributed by atoms with Crippen molar-refractivity contribution in [1.82, 2.24) is 10.3 Å². The molecule has 1 unspecified atom stereocenters. The summed E-state index contributed by atoms with van der Waals surface area (Å²) >= 11 is 0. The van der Waals surface area contributed by atoms with Crippen LogP contribution in [0.15, 0.2) is 48.7 Å². The van der Waals surface area contributed by atoms with Gasteiger partial charge in [-0.3, -0.25) is 9.78 Å². The number of rotatable bonds is 5. The van der Waals surface area contributed by atoms with Gasteiger partial charge in [0.2, 0.25) is 0 Å². The summed E-state index contributed by atoms with van der Waals surface area (Å²) in [6.07, 6.45) is 2.45. The molecule has 1 amide bonds. The van der Waals surface area contributed by atoms with Crippen molar-refractivity contribution in [1.29, 1.82) is 0 Å². The normalized spacial score (nSPS) is 11.3. The van der Waals surface area contributed by atoms with Gasteiger partial charge in [0.25, 0.3) is 5.91 Å². The molecule has 112 valence electrons. The Labute approximate surface area is 131 Å². The summed E-state index contributed by atoms with van der Waals surface area (Å²) in [5.41, 5.74) is 7.96. The number of nitrogens with zero attached hydrogens (tertiary/aromatic N) is 1. The molecule has 0 saturated carbocycles. The molecule has 0 aliphatic rings. The molecular weight excluding hydrogens is 286 g/mol. The van der Waals surface area contributed by atoms with E-state index < -0.39 is 0 Å². The highest BCUT2D eigenvalue weighted by Crippen LogP contribution is 2.16. The van der Waals surface area contributed by atoms with Crippen LogP contribution in [0.2, 0.25) is 0 Å². The number of nitrogens with one attached hydrogen (secondary N) is 1. The van der Waals surface area contributed by atoms with Crippen LogP contribution in [0.4, 0.5) is 0 Å². The smallest absolute Gasteiger partial charge is 0.251 e. The lowest BCUT2D eigenvalue weighted by Crippen LogP contribution is -2.28. The van der Waals surface area contributed by atoms with Gasteiger partial charge in [-0.1, -0.05) is 37.3 Å². The standard InChI is InChI=1S/C16H19N3O.ClH/c1-2-15(12-6-4-3-5-7-12)19-16(20)13-8-9-18-14(10-13)11-17;/h3-10,15H,2,11,17H2,1H3,(H,19,20);1H. The van der Waals surface area contributed by atoms with E-state index in [0.29, 0.717) is 17.8 Å². The monoisotopic (exact) mass is 305 g/mol. The number of halogens is 1. The minimum Gasteiger partial charge on any atom is -0.345 e. The second-order valence-corrected chi connectivity index (χ2v) is 4.58. The molecule has 0 aliphatic carbocycles. The molecule has 0 saturated heterocycles. The summed E-state index contributed by atoms with van der Waals surface area (Å²) in [5.74, 6) is -0.0993. The van der Waals surface area contributed by atoms with Crippen LogP contribution in [0.3, 0.4) is 0 Å². The summed E-state index contributed by atoms with van der Waals surface area (Å²) in [7, 11) is 0. The summed E-state index contributed by atoms with van der Waals surface area (Å²) in [6.45, 7) is 2.38. The van der Waals surface area contributed by atoms with E-state index in [1.807, 2.05) is 30.3 Å². The molecule has 1 heterocycles. The Bertz CT molecular complexity index is 575. The maximum atomic E-state index is 12.3. The third-order valence-corrected chi connectivity index (χ3v) is 3.20. The highest BCUT2D eigenvalue weighted by Gasteiger charge is 2.14. The van der Waals surface area contributed by atoms with Gasteiger partial charge in [-0.15, -0.1) is 12.4 Å². The van der Waals surface area contributed by atoms with Gasteiger partial charge in [-0.05, 0) is 24.1 Å². The highest BCUT2D eigenvalue weighted by atomic mass is 35.5. The van der Waals surface area contributed by atoms with Crippen LogP contribution in [0.25, 0.3) is 0 Å². The van der Waals surface area contributed by atoms with Crippen LogP contribution in [0.1, 0.15) is 41.0 Å². The zero-order valence-electron chi connectivity index (χ0n) is 12.0. The molecule has 5 heteroatoms. The molecule has 0 aliphatic heterocycles. The Morgan fingerprint density at radius 2 is 2.00 bits per heavy atom. The zero-order valence-corrected chi connectivity index (χ0v) is 12.8. The third kappa shape index (κ3) is 4.55. The molecule has 4 nitrogen and oxygen atoms in total. The minimum absolute atomic E-state index is 0. The SMILES string of the molecule is CCC(NC(=O)c1ccnc(CN)c1)c1ccccc1.Cl. The van der Waals surface area contributed by atoms with Gasteiger partial charge in [0.15, 0.2) is 0 Å². The van der Waals surface area contributed by atoms with Gasteiger partial charge in [0, 0.05) is 18.3 Å². The molecule has 21 heavy (non-hydrogen) atoms. The van der Waals surface area contributed by atoms with Crippen LogP contribution >= 0.6 is 12.4 Å². The first-order chi connectivity index (χ1) is 9.74. The second kappa shape index (κ2) is 8.39. The maximum Gasteiger partial charge on any atom is 0.251 e. The highest BCUT2D eigenvalue weighted by molar-refractivity contribution is 5.94. The molecule has 0 fully saturated rings. The number of hydrogen-bond donors (Lipinski definition) is 2. The molecular formula is C16H20ClN3O. The summed E-state index contributed by atoms with van der Waals surface area (Å²) in [4.78, 5) is 16.4. The van der Waals surface area contributed by atoms with Crippen LogP contribution in [-0.4, -0.2) is 10.9 Å². The van der Waals surface area contributed by atoms with Crippen molar-refractivity contribution in [3.05, 3.63) is 65.5 Å². The molecule has 1 aromatic heterocycles. The van der Waals surface area contributed by atoms with E-state index in [1.165, 1.54) is 0 Å². The number of pyridine rings is 1. The van der Waals surface area contributed by atoms with Crippen molar-refractivity contribution in [2.45, 2.75) is 25.9 Å². The van der Waals surface area contributed by atoms with E-state index >= 15 is 0 Å². The summed E-state index contributed by atoms with van der Waals surface area (Å²) < 4.78 is 0. The molecule has 2 rings (SSSR count). The lowest BCUT2D eigenvalue weighted by molar-refractivity contribution is 0.0935. The Morgan fingerprint density at radius 3 is 2.62 bits per heavy atom. The first kappa shape index (κ1) is 17.1. The molecule has 0 bridgehead atoms. The number of carbonyl (C=O) groups is 1. The molecule has 0 spiro atoms. The largest absolute Gasteiger partial charge is 0.345 e. The fraction of sp³-hybridized carbons (Fsp3) is 0.250. The Hall–Kier alpha value is -1.91. The topological polar surface area (TPSA) is 68.0 Å². The van der Waals surface area contributed by atoms with Crippen molar-refractivity contribution >= 4 is 18.3 Å².